The van der Waals surface area contributed by atoms with Crippen LogP contribution in [0.4, 0.5) is 0 Å². The van der Waals surface area contributed by atoms with E-state index in [0.29, 0.717) is 5.56 Å². The zero-order valence-electron chi connectivity index (χ0n) is 14.4. The summed E-state index contributed by atoms with van der Waals surface area (Å²) in [6.45, 7) is 2.25. The van der Waals surface area contributed by atoms with Crippen molar-refractivity contribution < 1.29 is 25.3 Å². The van der Waals surface area contributed by atoms with Crippen molar-refractivity contribution in [2.45, 2.75) is 18.3 Å². The zero-order chi connectivity index (χ0) is 19.2. The standard InChI is InChI=1S/C8H7O.C7H5O.2C2H4O2.Sn/c1-7(9)8-5-3-2-4-6-8;8-6-7-4-2-1-3-5-7;2*1-2(3)4;/h2-6H,1H2;1-5H;2*1H3,(H,3,4);/q;;;;+2/p-2. The molecule has 134 valence electrons. The Morgan fingerprint density at radius 1 is 0.731 bits per heavy atom. The quantitative estimate of drug-likeness (QED) is 0.466. The Kier molecular flexibility index (Phi) is 6.68. The number of hydrogen-bond acceptors (Lipinski definition) is 6. The molecule has 0 radical (unpaired) electrons. The van der Waals surface area contributed by atoms with Gasteiger partial charge in [0.25, 0.3) is 0 Å². The molecular weight excluding hydrogens is 443 g/mol. The van der Waals surface area contributed by atoms with Gasteiger partial charge in [-0.1, -0.05) is 0 Å². The SMILES string of the molecule is CC(=O)[O][Sn]([CH2]C(=O)c1ccccc1)([O]C(C)=O)[C](=O)c1ccccc1. The van der Waals surface area contributed by atoms with Gasteiger partial charge in [0.2, 0.25) is 0 Å². The molecule has 0 spiro atoms. The van der Waals surface area contributed by atoms with Crippen molar-refractivity contribution in [3.8, 4) is 0 Å². The number of ketones is 1. The molecule has 0 aromatic heterocycles. The van der Waals surface area contributed by atoms with Gasteiger partial charge in [-0.15, -0.1) is 0 Å². The zero-order valence-corrected chi connectivity index (χ0v) is 17.3. The molecule has 0 aliphatic rings. The van der Waals surface area contributed by atoms with Gasteiger partial charge in [-0.2, -0.15) is 0 Å². The average Bonchev–Trinajstić information content (AvgIpc) is 2.61. The second kappa shape index (κ2) is 8.75. The molecule has 2 aromatic rings. The van der Waals surface area contributed by atoms with Crippen molar-refractivity contribution in [1.29, 1.82) is 0 Å². The Morgan fingerprint density at radius 2 is 1.15 bits per heavy atom. The van der Waals surface area contributed by atoms with E-state index >= 15 is 0 Å². The molecule has 7 heteroatoms. The minimum absolute atomic E-state index is 0.242. The Hall–Kier alpha value is -2.48. The van der Waals surface area contributed by atoms with Gasteiger partial charge in [0.05, 0.1) is 0 Å². The van der Waals surface area contributed by atoms with Gasteiger partial charge in [0.15, 0.2) is 0 Å². The van der Waals surface area contributed by atoms with Crippen LogP contribution in [0.25, 0.3) is 0 Å². The first kappa shape index (κ1) is 19.8. The van der Waals surface area contributed by atoms with Crippen LogP contribution in [0.5, 0.6) is 0 Å². The molecular formula is C19H18O6Sn. The van der Waals surface area contributed by atoms with E-state index in [1.165, 1.54) is 12.1 Å². The summed E-state index contributed by atoms with van der Waals surface area (Å²) < 4.78 is 9.64. The van der Waals surface area contributed by atoms with E-state index in [2.05, 4.69) is 0 Å². The Balaban J connectivity index is 2.48. The van der Waals surface area contributed by atoms with E-state index in [1.54, 1.807) is 48.5 Å². The molecule has 0 atom stereocenters. The maximum absolute atomic E-state index is 13.1. The molecule has 0 heterocycles. The number of rotatable bonds is 7. The predicted molar refractivity (Wildman–Crippen MR) is 95.6 cm³/mol. The molecule has 0 saturated heterocycles. The van der Waals surface area contributed by atoms with Crippen LogP contribution in [-0.2, 0) is 15.7 Å². The van der Waals surface area contributed by atoms with Crippen LogP contribution < -0.4 is 0 Å². The van der Waals surface area contributed by atoms with Crippen LogP contribution in [0.15, 0.2) is 60.7 Å². The van der Waals surface area contributed by atoms with E-state index < -0.39 is 45.2 Å². The second-order valence-electron chi connectivity index (χ2n) is 5.60. The van der Waals surface area contributed by atoms with Crippen molar-refractivity contribution in [2.24, 2.45) is 0 Å². The maximum atomic E-state index is 13.1. The summed E-state index contributed by atoms with van der Waals surface area (Å²) in [6.07, 6.45) is 0. The second-order valence-corrected chi connectivity index (χ2v) is 13.4. The first-order valence-corrected chi connectivity index (χ1v) is 13.7. The number of Topliss-reactive ketones (excluding diaryl/α,β-unsaturated/α-hetero) is 1. The van der Waals surface area contributed by atoms with Crippen LogP contribution >= 0.6 is 0 Å². The summed E-state index contributed by atoms with van der Waals surface area (Å²) >= 11 is -5.14. The van der Waals surface area contributed by atoms with E-state index in [9.17, 15) is 19.2 Å². The number of hydrogen-bond donors (Lipinski definition) is 0. The molecule has 6 nitrogen and oxygen atoms in total. The molecule has 0 fully saturated rings. The molecule has 2 rings (SSSR count). The summed E-state index contributed by atoms with van der Waals surface area (Å²) in [5.74, 6) is -1.92. The van der Waals surface area contributed by atoms with Crippen LogP contribution in [0.3, 0.4) is 0 Å². The summed E-state index contributed by atoms with van der Waals surface area (Å²) in [5, 5.41) is 0. The van der Waals surface area contributed by atoms with Crippen molar-refractivity contribution in [1.82, 2.24) is 0 Å². The fraction of sp³-hybridized carbons (Fsp3) is 0.158. The van der Waals surface area contributed by atoms with Gasteiger partial charge >= 0.3 is 156 Å². The number of carbonyl (C=O) groups is 4. The van der Waals surface area contributed by atoms with Gasteiger partial charge in [0, 0.05) is 0 Å². The summed E-state index contributed by atoms with van der Waals surface area (Å²) in [6, 6.07) is 16.4. The normalized spacial score (nSPS) is 10.7. The van der Waals surface area contributed by atoms with E-state index in [4.69, 9.17) is 6.15 Å². The summed E-state index contributed by atoms with van der Waals surface area (Å²) in [4.78, 5) is 49.1. The molecule has 0 unspecified atom stereocenters. The topological polar surface area (TPSA) is 86.7 Å². The molecule has 2 aromatic carbocycles. The predicted octanol–water partition coefficient (Wildman–Crippen LogP) is 2.86. The van der Waals surface area contributed by atoms with Gasteiger partial charge in [-0.3, -0.25) is 0 Å². The molecule has 0 bridgehead atoms. The molecule has 0 saturated carbocycles. The van der Waals surface area contributed by atoms with Crippen LogP contribution in [0, 0.1) is 0 Å². The number of benzene rings is 2. The summed E-state index contributed by atoms with van der Waals surface area (Å²) in [7, 11) is 0. The van der Waals surface area contributed by atoms with Crippen molar-refractivity contribution in [3.63, 3.8) is 0 Å². The van der Waals surface area contributed by atoms with Crippen molar-refractivity contribution in [3.05, 3.63) is 71.8 Å². The fourth-order valence-electron chi connectivity index (χ4n) is 2.48. The van der Waals surface area contributed by atoms with Crippen LogP contribution in [0.1, 0.15) is 34.6 Å². The Labute approximate surface area is 156 Å². The van der Waals surface area contributed by atoms with E-state index in [0.717, 1.165) is 13.8 Å². The first-order chi connectivity index (χ1) is 12.3. The molecule has 0 aliphatic heterocycles. The Morgan fingerprint density at radius 3 is 1.58 bits per heavy atom. The van der Waals surface area contributed by atoms with Crippen LogP contribution in [0.2, 0.25) is 4.44 Å². The number of carbonyl (C=O) groups excluding carboxylic acids is 4. The van der Waals surface area contributed by atoms with Crippen LogP contribution in [-0.4, -0.2) is 40.7 Å². The third kappa shape index (κ3) is 5.01. The molecule has 0 amide bonds. The molecule has 26 heavy (non-hydrogen) atoms. The van der Waals surface area contributed by atoms with E-state index in [1.807, 2.05) is 0 Å². The van der Waals surface area contributed by atoms with Gasteiger partial charge in [0.1, 0.15) is 0 Å². The molecule has 0 N–H and O–H groups in total. The minimum atomic E-state index is -5.14. The Bertz CT molecular complexity index is 800. The molecule has 0 aliphatic carbocycles. The first-order valence-electron chi connectivity index (χ1n) is 7.91. The van der Waals surface area contributed by atoms with Gasteiger partial charge in [-0.05, 0) is 0 Å². The van der Waals surface area contributed by atoms with Gasteiger partial charge < -0.3 is 0 Å². The van der Waals surface area contributed by atoms with E-state index in [-0.39, 0.29) is 5.56 Å². The third-order valence-electron chi connectivity index (χ3n) is 3.49. The van der Waals surface area contributed by atoms with Crippen molar-refractivity contribution >= 4 is 40.7 Å². The van der Waals surface area contributed by atoms with Gasteiger partial charge in [-0.25, -0.2) is 0 Å². The summed E-state index contributed by atoms with van der Waals surface area (Å²) in [5.41, 5.74) is 0.598. The fourth-order valence-corrected chi connectivity index (χ4v) is 10.2. The monoisotopic (exact) mass is 462 g/mol. The average molecular weight is 461 g/mol. The van der Waals surface area contributed by atoms with Crippen molar-refractivity contribution in [2.75, 3.05) is 0 Å². The third-order valence-corrected chi connectivity index (χ3v) is 12.1.